The first kappa shape index (κ1) is 30.7. The summed E-state index contributed by atoms with van der Waals surface area (Å²) in [4.78, 5) is 37.5. The fraction of sp³-hybridized carbons (Fsp3) is 0.455. The van der Waals surface area contributed by atoms with E-state index in [9.17, 15) is 29.0 Å². The minimum Gasteiger partial charge on any atom is -0.387 e. The van der Waals surface area contributed by atoms with Gasteiger partial charge in [-0.15, -0.1) is 0 Å². The van der Waals surface area contributed by atoms with E-state index in [2.05, 4.69) is 32.2 Å². The highest BCUT2D eigenvalue weighted by atomic mass is 32.7. The molecule has 10 atom stereocenters. The number of H-pyrrole nitrogens is 1. The van der Waals surface area contributed by atoms with Gasteiger partial charge in [0.15, 0.2) is 18.1 Å². The number of nitrogens with zero attached hydrogens (tertiary/aromatic N) is 5. The number of fused-ring (bicyclic) bond motifs is 5. The average Bonchev–Trinajstić information content (AvgIpc) is 3.72. The summed E-state index contributed by atoms with van der Waals surface area (Å²) in [5, 5.41) is 22.9. The van der Waals surface area contributed by atoms with Gasteiger partial charge in [0.2, 0.25) is 5.95 Å². The third-order valence-corrected chi connectivity index (χ3v) is 10.2. The number of aliphatic hydroxyl groups excluding tert-OH is 2. The van der Waals surface area contributed by atoms with E-state index in [1.54, 1.807) is 6.07 Å². The van der Waals surface area contributed by atoms with Gasteiger partial charge in [0.1, 0.15) is 54.4 Å². The molecule has 3 aliphatic rings. The first-order valence-corrected chi connectivity index (χ1v) is 17.4. The normalized spacial score (nSPS) is 37.7. The number of aromatic nitrogens is 6. The van der Waals surface area contributed by atoms with Crippen molar-refractivity contribution in [2.24, 2.45) is 0 Å². The highest BCUT2D eigenvalue weighted by Crippen LogP contribution is 2.58. The lowest BCUT2D eigenvalue weighted by molar-refractivity contribution is -0.0617. The molecule has 0 amide bonds. The Morgan fingerprint density at radius 1 is 0.911 bits per heavy atom. The molecule has 3 aliphatic heterocycles. The van der Waals surface area contributed by atoms with Gasteiger partial charge >= 0.3 is 14.6 Å². The van der Waals surface area contributed by atoms with Crippen LogP contribution in [0.3, 0.4) is 0 Å². The fourth-order valence-corrected chi connectivity index (χ4v) is 8.00. The van der Waals surface area contributed by atoms with Gasteiger partial charge in [-0.2, -0.15) is 4.98 Å². The Hall–Kier alpha value is -2.91. The number of nitrogen functional groups attached to an aromatic ring is 2. The number of thiol groups is 1. The zero-order valence-electron chi connectivity index (χ0n) is 22.7. The molecule has 0 aromatic carbocycles. The molecule has 7 rings (SSSR count). The summed E-state index contributed by atoms with van der Waals surface area (Å²) in [7, 11) is -5.00. The van der Waals surface area contributed by atoms with E-state index < -0.39 is 82.5 Å². The largest absolute Gasteiger partial charge is 0.472 e. The molecular weight excluding hydrogens is 662 g/mol. The van der Waals surface area contributed by atoms with E-state index in [0.29, 0.717) is 11.0 Å². The van der Waals surface area contributed by atoms with Crippen molar-refractivity contribution in [2.75, 3.05) is 24.7 Å². The predicted molar refractivity (Wildman–Crippen MR) is 155 cm³/mol. The summed E-state index contributed by atoms with van der Waals surface area (Å²) >= 11 is 4.07. The zero-order chi connectivity index (χ0) is 31.8. The second-order valence-electron chi connectivity index (χ2n) is 10.4. The standard InChI is InChI=1S/C22H26N8O12P2S/c23-16-8-1-3-29(17(8)26-7-25-16)21-15-12(31)10(39-21)5-37-43(34,35)41-14-11(6-38-44(36,45)42-15)40-20(13(14)32)30-4-2-9-18(30)27-22(24)28-19(9)33/h1-4,7,10-15,20-21,31-32H,5-6H2,(H,34,35)(H,36,45)(H2,23,25,26)(H3,24,27,28,33). The summed E-state index contributed by atoms with van der Waals surface area (Å²) in [6.07, 6.45) is -7.38. The van der Waals surface area contributed by atoms with Crippen LogP contribution >= 0.6 is 26.9 Å². The monoisotopic (exact) mass is 688 g/mol. The van der Waals surface area contributed by atoms with Crippen molar-refractivity contribution in [3.63, 3.8) is 0 Å². The van der Waals surface area contributed by atoms with Gasteiger partial charge in [0.05, 0.1) is 24.0 Å². The van der Waals surface area contributed by atoms with Gasteiger partial charge in [-0.05, 0) is 12.1 Å². The van der Waals surface area contributed by atoms with Crippen molar-refractivity contribution < 1.29 is 51.8 Å². The zero-order valence-corrected chi connectivity index (χ0v) is 25.4. The lowest BCUT2D eigenvalue weighted by Gasteiger charge is -2.26. The van der Waals surface area contributed by atoms with Crippen LogP contribution in [-0.4, -0.2) is 94.0 Å². The molecule has 45 heavy (non-hydrogen) atoms. The summed E-state index contributed by atoms with van der Waals surface area (Å²) in [5.74, 6) is -0.0337. The number of hydrogen-bond acceptors (Lipinski definition) is 16. The number of aromatic amines is 1. The van der Waals surface area contributed by atoms with E-state index in [1.165, 1.54) is 33.9 Å². The molecule has 242 valence electrons. The lowest BCUT2D eigenvalue weighted by Crippen LogP contribution is -2.36. The molecule has 0 radical (unpaired) electrons. The first-order chi connectivity index (χ1) is 21.3. The number of phosphoric ester groups is 1. The number of nitrogens with two attached hydrogens (primary N) is 2. The number of hydrogen-bond donors (Lipinski definition) is 7. The smallest absolute Gasteiger partial charge is 0.387 e. The van der Waals surface area contributed by atoms with E-state index >= 15 is 0 Å². The van der Waals surface area contributed by atoms with E-state index in [0.717, 1.165) is 0 Å². The summed E-state index contributed by atoms with van der Waals surface area (Å²) in [6, 6.07) is 3.00. The highest BCUT2D eigenvalue weighted by molar-refractivity contribution is 8.44. The van der Waals surface area contributed by atoms with Crippen LogP contribution in [0.5, 0.6) is 0 Å². The number of phosphoric acid groups is 1. The van der Waals surface area contributed by atoms with Crippen molar-refractivity contribution in [1.82, 2.24) is 29.1 Å². The molecule has 3 fully saturated rings. The van der Waals surface area contributed by atoms with Gasteiger partial charge in [0.25, 0.3) is 5.56 Å². The third-order valence-electron chi connectivity index (χ3n) is 7.62. The number of rotatable bonds is 2. The summed E-state index contributed by atoms with van der Waals surface area (Å²) < 4.78 is 62.9. The van der Waals surface area contributed by atoms with E-state index in [-0.39, 0.29) is 22.8 Å². The Bertz CT molecular complexity index is 1940. The topological polar surface area (TPSA) is 284 Å². The molecule has 3 saturated heterocycles. The molecule has 10 unspecified atom stereocenters. The molecule has 0 spiro atoms. The molecule has 20 nitrogen and oxygen atoms in total. The van der Waals surface area contributed by atoms with Crippen LogP contribution in [0.2, 0.25) is 0 Å². The average molecular weight is 689 g/mol. The first-order valence-electron chi connectivity index (χ1n) is 13.2. The van der Waals surface area contributed by atoms with Crippen LogP contribution in [0.25, 0.3) is 22.1 Å². The molecule has 7 heterocycles. The molecule has 4 aromatic rings. The maximum absolute atomic E-state index is 13.5. The van der Waals surface area contributed by atoms with E-state index in [4.69, 9.17) is 39.0 Å². The number of ether oxygens (including phenoxy) is 2. The van der Waals surface area contributed by atoms with Gasteiger partial charge in [-0.3, -0.25) is 27.9 Å². The third kappa shape index (κ3) is 5.47. The van der Waals surface area contributed by atoms with Crippen LogP contribution in [-0.2, 0) is 36.7 Å². The van der Waals surface area contributed by atoms with Gasteiger partial charge in [0, 0.05) is 12.4 Å². The van der Waals surface area contributed by atoms with Gasteiger partial charge in [-0.1, -0.05) is 12.2 Å². The summed E-state index contributed by atoms with van der Waals surface area (Å²) in [6.45, 7) is -5.72. The molecule has 0 saturated carbocycles. The minimum absolute atomic E-state index is 0.0416. The molecule has 4 aromatic heterocycles. The predicted octanol–water partition coefficient (Wildman–Crippen LogP) is -0.194. The van der Waals surface area contributed by atoms with Gasteiger partial charge < -0.3 is 45.2 Å². The van der Waals surface area contributed by atoms with Crippen LogP contribution in [0.15, 0.2) is 35.6 Å². The van der Waals surface area contributed by atoms with Crippen molar-refractivity contribution in [1.29, 1.82) is 0 Å². The Kier molecular flexibility index (Phi) is 7.59. The minimum atomic E-state index is -5.00. The Labute approximate surface area is 256 Å². The molecule has 8 N–H and O–H groups in total. The Morgan fingerprint density at radius 3 is 2.38 bits per heavy atom. The second kappa shape index (κ2) is 11.1. The van der Waals surface area contributed by atoms with Crippen LogP contribution < -0.4 is 17.0 Å². The van der Waals surface area contributed by atoms with E-state index in [1.807, 2.05) is 0 Å². The SMILES string of the molecule is Nc1nc2c(ccn2C2OC3COP(=O)(S)OC4C(O)C(COP(=O)(O)OC3C2O)OC4n2ccc3c(N)ncnc32)c(=O)[nH]1. The quantitative estimate of drug-likeness (QED) is 0.106. The van der Waals surface area contributed by atoms with Crippen molar-refractivity contribution in [2.45, 2.75) is 49.1 Å². The molecule has 0 aliphatic carbocycles. The van der Waals surface area contributed by atoms with Crippen molar-refractivity contribution >= 4 is 60.7 Å². The Morgan fingerprint density at radius 2 is 1.60 bits per heavy atom. The summed E-state index contributed by atoms with van der Waals surface area (Å²) in [5.41, 5.74) is 11.4. The maximum Gasteiger partial charge on any atom is 0.472 e. The fourth-order valence-electron chi connectivity index (χ4n) is 5.57. The molecule has 23 heteroatoms. The van der Waals surface area contributed by atoms with Crippen LogP contribution in [0, 0.1) is 0 Å². The second-order valence-corrected chi connectivity index (χ2v) is 14.7. The number of aliphatic hydroxyl groups is 2. The van der Waals surface area contributed by atoms with Crippen molar-refractivity contribution in [3.05, 3.63) is 41.2 Å². The number of anilines is 2. The maximum atomic E-state index is 13.5. The van der Waals surface area contributed by atoms with Crippen molar-refractivity contribution in [3.8, 4) is 0 Å². The molecular formula is C22H26N8O12P2S. The molecule has 2 bridgehead atoms. The van der Waals surface area contributed by atoms with Crippen LogP contribution in [0.4, 0.5) is 11.8 Å². The highest BCUT2D eigenvalue weighted by Gasteiger charge is 2.53. The number of nitrogens with one attached hydrogen (secondary N) is 1. The van der Waals surface area contributed by atoms with Gasteiger partial charge in [-0.25, -0.2) is 19.1 Å². The Balaban J connectivity index is 1.21. The lowest BCUT2D eigenvalue weighted by atomic mass is 10.1. The van der Waals surface area contributed by atoms with Crippen LogP contribution in [0.1, 0.15) is 12.5 Å².